The van der Waals surface area contributed by atoms with Crippen molar-refractivity contribution < 1.29 is 4.18 Å². The van der Waals surface area contributed by atoms with Crippen LogP contribution < -0.4 is 0 Å². The Kier molecular flexibility index (Phi) is 9.65. The van der Waals surface area contributed by atoms with Gasteiger partial charge in [0.15, 0.2) is 0 Å². The van der Waals surface area contributed by atoms with Gasteiger partial charge in [-0.1, -0.05) is 11.7 Å². The van der Waals surface area contributed by atoms with Gasteiger partial charge < -0.3 is 4.18 Å². The zero-order valence-electron chi connectivity index (χ0n) is 5.42. The SMILES string of the molecule is CCOS(=S)(=S)SSSSS. The molecule has 0 aromatic rings. The van der Waals surface area contributed by atoms with Crippen molar-refractivity contribution in [2.45, 2.75) is 6.92 Å². The van der Waals surface area contributed by atoms with E-state index in [1.807, 2.05) is 6.92 Å². The van der Waals surface area contributed by atoms with E-state index in [9.17, 15) is 0 Å². The van der Waals surface area contributed by atoms with Crippen LogP contribution in [0.15, 0.2) is 0 Å². The highest BCUT2D eigenvalue weighted by Gasteiger charge is 2.02. The Hall–Kier alpha value is 2.50. The standard InChI is InChI=1S/C2H6OS8/c1-2-3-11(5,6)10-9-8-7-4/h4H,2H2,1H3. The number of rotatable bonds is 6. The average molecular weight is 303 g/mol. The van der Waals surface area contributed by atoms with Crippen LogP contribution >= 0.6 is 51.0 Å². The maximum absolute atomic E-state index is 5.18. The van der Waals surface area contributed by atoms with Gasteiger partial charge in [-0.2, -0.15) is 0 Å². The van der Waals surface area contributed by atoms with Crippen LogP contribution in [0.25, 0.3) is 0 Å². The summed E-state index contributed by atoms with van der Waals surface area (Å²) in [5.41, 5.74) is 0. The van der Waals surface area contributed by atoms with Crippen molar-refractivity contribution in [1.29, 1.82) is 0 Å². The van der Waals surface area contributed by atoms with Gasteiger partial charge in [0.05, 0.1) is 13.1 Å². The predicted molar refractivity (Wildman–Crippen MR) is 73.1 cm³/mol. The lowest BCUT2D eigenvalue weighted by atomic mass is 10.9. The fourth-order valence-electron chi connectivity index (χ4n) is 0.222. The Labute approximate surface area is 96.4 Å². The molecule has 0 aliphatic heterocycles. The monoisotopic (exact) mass is 302 g/mol. The first-order valence-electron chi connectivity index (χ1n) is 2.35. The Morgan fingerprint density at radius 1 is 1.45 bits per heavy atom. The third-order valence-electron chi connectivity index (χ3n) is 0.432. The molecule has 0 unspecified atom stereocenters. The van der Waals surface area contributed by atoms with Crippen molar-refractivity contribution in [2.24, 2.45) is 0 Å². The van der Waals surface area contributed by atoms with Gasteiger partial charge in [0, 0.05) is 19.7 Å². The molecule has 0 atom stereocenters. The van der Waals surface area contributed by atoms with Crippen molar-refractivity contribution in [3.63, 3.8) is 0 Å². The molecule has 0 aromatic carbocycles. The van der Waals surface area contributed by atoms with Crippen LogP contribution in [0.4, 0.5) is 0 Å². The van der Waals surface area contributed by atoms with Crippen LogP contribution in [-0.4, -0.2) is 6.61 Å². The first kappa shape index (κ1) is 13.5. The van der Waals surface area contributed by atoms with Crippen molar-refractivity contribution >= 4 is 79.8 Å². The molecule has 1 nitrogen and oxygen atoms in total. The van der Waals surface area contributed by atoms with E-state index < -0.39 is 6.46 Å². The van der Waals surface area contributed by atoms with Crippen LogP contribution in [0.5, 0.6) is 0 Å². The van der Waals surface area contributed by atoms with E-state index in [2.05, 4.69) is 11.7 Å². The molecule has 11 heavy (non-hydrogen) atoms. The lowest BCUT2D eigenvalue weighted by Crippen LogP contribution is -1.93. The predicted octanol–water partition coefficient (Wildman–Crippen LogP) is 3.45. The quantitative estimate of drug-likeness (QED) is 0.451. The highest BCUT2D eigenvalue weighted by Crippen LogP contribution is 2.47. The molecule has 0 aromatic heterocycles. The Bertz CT molecular complexity index is 171. The first-order valence-corrected chi connectivity index (χ1v) is 12.1. The zero-order valence-corrected chi connectivity index (χ0v) is 12.0. The Morgan fingerprint density at radius 2 is 2.09 bits per heavy atom. The maximum Gasteiger partial charge on any atom is 0.0820 e. The van der Waals surface area contributed by atoms with E-state index in [1.165, 1.54) is 39.3 Å². The van der Waals surface area contributed by atoms with Gasteiger partial charge in [0.25, 0.3) is 0 Å². The summed E-state index contributed by atoms with van der Waals surface area (Å²) in [7, 11) is 5.86. The third kappa shape index (κ3) is 8.82. The van der Waals surface area contributed by atoms with E-state index in [1.54, 1.807) is 0 Å². The summed E-state index contributed by atoms with van der Waals surface area (Å²) >= 11 is 14.0. The molecule has 0 rings (SSSR count). The average Bonchev–Trinajstić information content (AvgIpc) is 1.87. The molecule has 0 spiro atoms. The molecule has 9 heteroatoms. The number of thiol groups is 1. The lowest BCUT2D eigenvalue weighted by Gasteiger charge is -2.05. The second-order valence-corrected chi connectivity index (χ2v) is 15.5. The van der Waals surface area contributed by atoms with E-state index in [0.717, 1.165) is 0 Å². The lowest BCUT2D eigenvalue weighted by molar-refractivity contribution is 0.402. The minimum atomic E-state index is -1.73. The van der Waals surface area contributed by atoms with Gasteiger partial charge in [-0.15, -0.1) is 0 Å². The largest absolute Gasteiger partial charge is 0.302 e. The summed E-state index contributed by atoms with van der Waals surface area (Å²) in [5, 5.41) is 0. The molecular formula is C2H6OS8. The molecule has 0 bridgehead atoms. The third-order valence-corrected chi connectivity index (χ3v) is 13.9. The van der Waals surface area contributed by atoms with Gasteiger partial charge in [0.1, 0.15) is 0 Å². The van der Waals surface area contributed by atoms with Gasteiger partial charge in [-0.3, -0.25) is 0 Å². The summed E-state index contributed by atoms with van der Waals surface area (Å²) in [5.74, 6) is 0. The van der Waals surface area contributed by atoms with E-state index >= 15 is 0 Å². The van der Waals surface area contributed by atoms with E-state index in [-0.39, 0.29) is 0 Å². The summed E-state index contributed by atoms with van der Waals surface area (Å²) in [4.78, 5) is 0. The minimum absolute atomic E-state index is 0.592. The second-order valence-electron chi connectivity index (χ2n) is 1.09. The van der Waals surface area contributed by atoms with Crippen molar-refractivity contribution in [3.05, 3.63) is 0 Å². The topological polar surface area (TPSA) is 9.23 Å². The number of hydrogen-bond donors (Lipinski definition) is 1. The molecule has 0 N–H and O–H groups in total. The van der Waals surface area contributed by atoms with Gasteiger partial charge in [-0.25, -0.2) is 0 Å². The normalized spacial score (nSPS) is 11.8. The van der Waals surface area contributed by atoms with Crippen LogP contribution in [0.1, 0.15) is 6.92 Å². The molecule has 0 saturated carbocycles. The van der Waals surface area contributed by atoms with Crippen molar-refractivity contribution in [3.8, 4) is 0 Å². The smallest absolute Gasteiger partial charge is 0.0820 e. The fraction of sp³-hybridized carbons (Fsp3) is 1.00. The molecule has 0 fully saturated rings. The van der Waals surface area contributed by atoms with Crippen LogP contribution in [0, 0.1) is 0 Å². The Morgan fingerprint density at radius 3 is 2.55 bits per heavy atom. The summed E-state index contributed by atoms with van der Waals surface area (Å²) in [6, 6.07) is 0. The highest BCUT2D eigenvalue weighted by molar-refractivity contribution is 9.42. The van der Waals surface area contributed by atoms with Crippen LogP contribution in [0.2, 0.25) is 0 Å². The minimum Gasteiger partial charge on any atom is -0.302 e. The fourth-order valence-corrected chi connectivity index (χ4v) is 14.0. The van der Waals surface area contributed by atoms with Crippen molar-refractivity contribution in [1.82, 2.24) is 0 Å². The maximum atomic E-state index is 5.18. The molecule has 0 heterocycles. The van der Waals surface area contributed by atoms with Crippen LogP contribution in [-0.2, 0) is 33.0 Å². The highest BCUT2D eigenvalue weighted by atomic mass is 33.9. The van der Waals surface area contributed by atoms with Crippen molar-refractivity contribution in [2.75, 3.05) is 6.61 Å². The van der Waals surface area contributed by atoms with Gasteiger partial charge in [0.2, 0.25) is 0 Å². The first-order chi connectivity index (χ1) is 5.12. The molecule has 0 amide bonds. The molecular weight excluding hydrogens is 297 g/mol. The summed E-state index contributed by atoms with van der Waals surface area (Å²) < 4.78 is 5.18. The van der Waals surface area contributed by atoms with Gasteiger partial charge in [-0.05, 0) is 49.0 Å². The second kappa shape index (κ2) is 7.86. The van der Waals surface area contributed by atoms with Gasteiger partial charge >= 0.3 is 0 Å². The molecule has 0 aliphatic carbocycles. The summed E-state index contributed by atoms with van der Waals surface area (Å²) in [6.45, 7) is 0.761. The Balaban J connectivity index is 3.56. The molecule has 68 valence electrons. The van der Waals surface area contributed by atoms with E-state index in [4.69, 9.17) is 26.6 Å². The van der Waals surface area contributed by atoms with Crippen LogP contribution in [0.3, 0.4) is 0 Å². The summed E-state index contributed by atoms with van der Waals surface area (Å²) in [6.07, 6.45) is 0. The zero-order chi connectivity index (χ0) is 8.74. The molecule has 0 radical (unpaired) electrons. The number of hydrogen-bond acceptors (Lipinski definition) is 8. The van der Waals surface area contributed by atoms with E-state index in [0.29, 0.717) is 6.61 Å². The molecule has 0 saturated heterocycles. The molecule has 0 aliphatic rings.